The molecule has 208 valence electrons. The third-order valence-electron chi connectivity index (χ3n) is 6.18. The maximum Gasteiger partial charge on any atom is 0.338 e. The number of esters is 1. The minimum atomic E-state index is -0.861. The Morgan fingerprint density at radius 2 is 1.95 bits per heavy atom. The van der Waals surface area contributed by atoms with Gasteiger partial charge in [-0.1, -0.05) is 29.5 Å². The molecule has 5 rings (SSSR count). The van der Waals surface area contributed by atoms with Crippen molar-refractivity contribution < 1.29 is 19.2 Å². The SMILES string of the molecule is CCOC(=O)C1=C(C)N=c2s/c(=C/c3cc([N+](=O)[O-])ccc3Sc3ncccn3)c(=O)n2[C@H]1c1ccccc1OC. The normalized spacial score (nSPS) is 14.8. The number of hydrogen-bond acceptors (Lipinski definition) is 11. The Morgan fingerprint density at radius 3 is 2.66 bits per heavy atom. The molecular weight excluding hydrogens is 566 g/mol. The third-order valence-corrected chi connectivity index (χ3v) is 8.15. The van der Waals surface area contributed by atoms with E-state index < -0.39 is 22.5 Å². The maximum absolute atomic E-state index is 14.0. The van der Waals surface area contributed by atoms with Crippen molar-refractivity contribution in [3.8, 4) is 5.75 Å². The number of allylic oxidation sites excluding steroid dienone is 1. The fourth-order valence-electron chi connectivity index (χ4n) is 4.41. The average Bonchev–Trinajstić information content (AvgIpc) is 3.27. The quantitative estimate of drug-likeness (QED) is 0.130. The molecule has 0 saturated carbocycles. The Hall–Kier alpha value is -4.62. The summed E-state index contributed by atoms with van der Waals surface area (Å²) in [4.78, 5) is 52.3. The van der Waals surface area contributed by atoms with Crippen LogP contribution in [0.15, 0.2) is 92.0 Å². The topological polar surface area (TPSA) is 139 Å². The van der Waals surface area contributed by atoms with Gasteiger partial charge in [-0.25, -0.2) is 19.8 Å². The summed E-state index contributed by atoms with van der Waals surface area (Å²) in [5.41, 5.74) is 1.13. The fourth-order valence-corrected chi connectivity index (χ4v) is 6.24. The number of para-hydroxylation sites is 1. The smallest absolute Gasteiger partial charge is 0.338 e. The molecule has 0 unspecified atom stereocenters. The summed E-state index contributed by atoms with van der Waals surface area (Å²) in [6.45, 7) is 3.55. The number of nitro groups is 1. The van der Waals surface area contributed by atoms with E-state index in [4.69, 9.17) is 9.47 Å². The average molecular weight is 590 g/mol. The van der Waals surface area contributed by atoms with E-state index in [1.165, 1.54) is 35.6 Å². The standard InChI is InChI=1S/C28H23N5O6S2/c1-4-39-26(35)23-16(2)31-28-32(24(23)19-8-5-6-9-20(19)38-3)25(34)22(41-28)15-17-14-18(33(36)37)10-11-21(17)40-27-29-12-7-13-30-27/h5-15,24H,4H2,1-3H3/b22-15+/t24-/m0/s1. The number of carbonyl (C=O) groups excluding carboxylic acids is 1. The molecule has 1 aliphatic heterocycles. The summed E-state index contributed by atoms with van der Waals surface area (Å²) in [6.07, 6.45) is 4.78. The molecule has 3 heterocycles. The molecule has 1 aliphatic rings. The molecule has 11 nitrogen and oxygen atoms in total. The first-order valence-corrected chi connectivity index (χ1v) is 14.0. The van der Waals surface area contributed by atoms with Crippen molar-refractivity contribution >= 4 is 40.8 Å². The zero-order valence-corrected chi connectivity index (χ0v) is 23.8. The van der Waals surface area contributed by atoms with Gasteiger partial charge in [-0.15, -0.1) is 0 Å². The molecule has 0 N–H and O–H groups in total. The second-order valence-electron chi connectivity index (χ2n) is 8.66. The summed E-state index contributed by atoms with van der Waals surface area (Å²) in [7, 11) is 1.51. The Labute approximate surface area is 241 Å². The van der Waals surface area contributed by atoms with E-state index in [0.717, 1.165) is 11.3 Å². The summed E-state index contributed by atoms with van der Waals surface area (Å²) >= 11 is 2.34. The number of thiazole rings is 1. The van der Waals surface area contributed by atoms with Crippen LogP contribution < -0.4 is 19.6 Å². The molecule has 2 aromatic heterocycles. The second kappa shape index (κ2) is 11.9. The molecule has 0 amide bonds. The molecule has 0 aliphatic carbocycles. The van der Waals surface area contributed by atoms with Gasteiger partial charge in [-0.05, 0) is 55.4 Å². The number of rotatable bonds is 8. The van der Waals surface area contributed by atoms with Crippen molar-refractivity contribution in [2.45, 2.75) is 29.9 Å². The van der Waals surface area contributed by atoms with Crippen molar-refractivity contribution in [1.82, 2.24) is 14.5 Å². The molecule has 1 atom stereocenters. The van der Waals surface area contributed by atoms with E-state index >= 15 is 0 Å². The largest absolute Gasteiger partial charge is 0.496 e. The van der Waals surface area contributed by atoms with Gasteiger partial charge in [0.05, 0.1) is 34.4 Å². The molecule has 0 spiro atoms. The number of aromatic nitrogens is 3. The highest BCUT2D eigenvalue weighted by Gasteiger charge is 2.35. The van der Waals surface area contributed by atoms with Crippen LogP contribution in [0, 0.1) is 10.1 Å². The lowest BCUT2D eigenvalue weighted by atomic mass is 9.95. The van der Waals surface area contributed by atoms with Crippen LogP contribution >= 0.6 is 23.1 Å². The number of methoxy groups -OCH3 is 1. The monoisotopic (exact) mass is 589 g/mol. The minimum Gasteiger partial charge on any atom is -0.496 e. The van der Waals surface area contributed by atoms with Gasteiger partial charge < -0.3 is 9.47 Å². The number of hydrogen-bond donors (Lipinski definition) is 0. The van der Waals surface area contributed by atoms with Crippen molar-refractivity contribution in [3.63, 3.8) is 0 Å². The van der Waals surface area contributed by atoms with Gasteiger partial charge in [0.1, 0.15) is 11.8 Å². The van der Waals surface area contributed by atoms with Gasteiger partial charge in [-0.2, -0.15) is 0 Å². The summed E-state index contributed by atoms with van der Waals surface area (Å²) in [5.74, 6) is -0.0945. The minimum absolute atomic E-state index is 0.130. The third kappa shape index (κ3) is 5.54. The van der Waals surface area contributed by atoms with Crippen molar-refractivity contribution in [2.75, 3.05) is 13.7 Å². The van der Waals surface area contributed by atoms with Gasteiger partial charge in [0.25, 0.3) is 11.2 Å². The summed E-state index contributed by atoms with van der Waals surface area (Å²) in [6, 6.07) is 12.3. The van der Waals surface area contributed by atoms with Crippen LogP contribution in [0.2, 0.25) is 0 Å². The van der Waals surface area contributed by atoms with E-state index in [9.17, 15) is 19.7 Å². The Morgan fingerprint density at radius 1 is 1.20 bits per heavy atom. The van der Waals surface area contributed by atoms with Crippen LogP contribution in [0.4, 0.5) is 5.69 Å². The highest BCUT2D eigenvalue weighted by molar-refractivity contribution is 7.99. The molecule has 0 bridgehead atoms. The van der Waals surface area contributed by atoms with Gasteiger partial charge >= 0.3 is 5.97 Å². The van der Waals surface area contributed by atoms with Crippen LogP contribution in [-0.2, 0) is 9.53 Å². The zero-order chi connectivity index (χ0) is 29.1. The summed E-state index contributed by atoms with van der Waals surface area (Å²) in [5, 5.41) is 12.0. The van der Waals surface area contributed by atoms with Crippen LogP contribution in [0.5, 0.6) is 5.75 Å². The predicted molar refractivity (Wildman–Crippen MR) is 153 cm³/mol. The first-order valence-electron chi connectivity index (χ1n) is 12.4. The number of benzene rings is 2. The molecule has 2 aromatic carbocycles. The van der Waals surface area contributed by atoms with E-state index in [1.54, 1.807) is 68.7 Å². The highest BCUT2D eigenvalue weighted by atomic mass is 32.2. The summed E-state index contributed by atoms with van der Waals surface area (Å²) < 4.78 is 12.6. The van der Waals surface area contributed by atoms with Crippen LogP contribution in [-0.4, -0.2) is 39.1 Å². The molecule has 0 saturated heterocycles. The molecule has 41 heavy (non-hydrogen) atoms. The van der Waals surface area contributed by atoms with E-state index in [1.807, 2.05) is 0 Å². The Kier molecular flexibility index (Phi) is 8.08. The fraction of sp³-hybridized carbons (Fsp3) is 0.179. The second-order valence-corrected chi connectivity index (χ2v) is 10.7. The number of ether oxygens (including phenoxy) is 2. The lowest BCUT2D eigenvalue weighted by Crippen LogP contribution is -2.40. The first-order chi connectivity index (χ1) is 19.8. The molecule has 0 radical (unpaired) electrons. The van der Waals surface area contributed by atoms with Crippen LogP contribution in [0.1, 0.15) is 31.0 Å². The number of nitro benzene ring substituents is 1. The Balaban J connectivity index is 1.73. The van der Waals surface area contributed by atoms with E-state index in [0.29, 0.717) is 37.4 Å². The number of non-ortho nitro benzene ring substituents is 1. The molecule has 0 fully saturated rings. The lowest BCUT2D eigenvalue weighted by Gasteiger charge is -2.25. The first kappa shape index (κ1) is 27.9. The van der Waals surface area contributed by atoms with Crippen LogP contribution in [0.3, 0.4) is 0 Å². The Bertz CT molecular complexity index is 1870. The van der Waals surface area contributed by atoms with Gasteiger partial charge in [0.2, 0.25) is 0 Å². The van der Waals surface area contributed by atoms with Crippen molar-refractivity contribution in [2.24, 2.45) is 4.99 Å². The number of fused-ring (bicyclic) bond motifs is 1. The predicted octanol–water partition coefficient (Wildman–Crippen LogP) is 3.66. The van der Waals surface area contributed by atoms with Crippen molar-refractivity contribution in [1.29, 1.82) is 0 Å². The van der Waals surface area contributed by atoms with Gasteiger partial charge in [-0.3, -0.25) is 19.5 Å². The van der Waals surface area contributed by atoms with Crippen molar-refractivity contribution in [3.05, 3.63) is 113 Å². The van der Waals surface area contributed by atoms with Gasteiger partial charge in [0, 0.05) is 35.0 Å². The molecule has 4 aromatic rings. The molecular formula is C28H23N5O6S2. The lowest BCUT2D eigenvalue weighted by molar-refractivity contribution is -0.384. The van der Waals surface area contributed by atoms with E-state index in [-0.39, 0.29) is 22.4 Å². The highest BCUT2D eigenvalue weighted by Crippen LogP contribution is 2.36. The number of carbonyl (C=O) groups is 1. The van der Waals surface area contributed by atoms with Gasteiger partial charge in [0.15, 0.2) is 9.96 Å². The van der Waals surface area contributed by atoms with Crippen LogP contribution in [0.25, 0.3) is 6.08 Å². The number of nitrogens with zero attached hydrogens (tertiary/aromatic N) is 5. The van der Waals surface area contributed by atoms with E-state index in [2.05, 4.69) is 15.0 Å². The zero-order valence-electron chi connectivity index (χ0n) is 22.1. The molecule has 13 heteroatoms. The maximum atomic E-state index is 14.0.